The Morgan fingerprint density at radius 1 is 0.513 bits per heavy atom. The molecule has 2 aliphatic rings. The monoisotopic (exact) mass is 514 g/mol. The highest BCUT2D eigenvalue weighted by molar-refractivity contribution is 6.06. The summed E-state index contributed by atoms with van der Waals surface area (Å²) in [5.74, 6) is 1.52. The van der Waals surface area contributed by atoms with Gasteiger partial charge in [0.25, 0.3) is 0 Å². The quantitative estimate of drug-likeness (QED) is 0.219. The fourth-order valence-electron chi connectivity index (χ4n) is 5.61. The van der Waals surface area contributed by atoms with Crippen LogP contribution in [0, 0.1) is 5.41 Å². The van der Waals surface area contributed by atoms with Crippen molar-refractivity contribution >= 4 is 11.8 Å². The SMILES string of the molecule is c1ccc(CCC(CCc2ccccc2)(C2=NC(c3ccccc3)CO2)C2=NC(c3ccccc3)CO2)cc1. The molecule has 0 saturated heterocycles. The zero-order valence-corrected chi connectivity index (χ0v) is 22.2. The fourth-order valence-corrected chi connectivity index (χ4v) is 5.61. The number of hydrogen-bond donors (Lipinski definition) is 0. The van der Waals surface area contributed by atoms with Crippen LogP contribution in [0.4, 0.5) is 0 Å². The highest BCUT2D eigenvalue weighted by atomic mass is 16.5. The molecule has 2 unspecified atom stereocenters. The largest absolute Gasteiger partial charge is 0.478 e. The summed E-state index contributed by atoms with van der Waals surface area (Å²) in [6, 6.07) is 42.1. The topological polar surface area (TPSA) is 43.2 Å². The summed E-state index contributed by atoms with van der Waals surface area (Å²) in [6.07, 6.45) is 3.38. The molecule has 4 heteroatoms. The van der Waals surface area contributed by atoms with Crippen LogP contribution in [-0.4, -0.2) is 25.0 Å². The third kappa shape index (κ3) is 5.65. The first-order chi connectivity index (χ1) is 19.3. The molecule has 0 saturated carbocycles. The van der Waals surface area contributed by atoms with Gasteiger partial charge in [-0.05, 0) is 47.9 Å². The third-order valence-corrected chi connectivity index (χ3v) is 7.86. The second-order valence-corrected chi connectivity index (χ2v) is 10.4. The number of aryl methyl sites for hydroxylation is 2. The lowest BCUT2D eigenvalue weighted by atomic mass is 9.76. The van der Waals surface area contributed by atoms with E-state index in [1.807, 2.05) is 12.1 Å². The van der Waals surface area contributed by atoms with E-state index in [2.05, 4.69) is 109 Å². The van der Waals surface area contributed by atoms with Gasteiger partial charge < -0.3 is 9.47 Å². The smallest absolute Gasteiger partial charge is 0.200 e. The Bertz CT molecular complexity index is 1290. The van der Waals surface area contributed by atoms with Crippen molar-refractivity contribution in [3.63, 3.8) is 0 Å². The highest BCUT2D eigenvalue weighted by Crippen LogP contribution is 2.42. The van der Waals surface area contributed by atoms with Crippen LogP contribution in [0.5, 0.6) is 0 Å². The van der Waals surface area contributed by atoms with Crippen molar-refractivity contribution in [3.05, 3.63) is 144 Å². The molecule has 2 aliphatic heterocycles. The maximum absolute atomic E-state index is 6.50. The van der Waals surface area contributed by atoms with Crippen LogP contribution in [0.15, 0.2) is 131 Å². The van der Waals surface area contributed by atoms with Gasteiger partial charge in [-0.1, -0.05) is 121 Å². The molecule has 0 amide bonds. The molecule has 6 rings (SSSR count). The molecular formula is C35H34N2O2. The first-order valence-corrected chi connectivity index (χ1v) is 13.9. The fraction of sp³-hybridized carbons (Fsp3) is 0.257. The van der Waals surface area contributed by atoms with Crippen molar-refractivity contribution in [3.8, 4) is 0 Å². The molecule has 0 radical (unpaired) electrons. The van der Waals surface area contributed by atoms with Crippen LogP contribution in [0.2, 0.25) is 0 Å². The van der Waals surface area contributed by atoms with Gasteiger partial charge in [0.15, 0.2) is 11.8 Å². The van der Waals surface area contributed by atoms with Gasteiger partial charge in [0.05, 0.1) is 0 Å². The van der Waals surface area contributed by atoms with Crippen LogP contribution < -0.4 is 0 Å². The van der Waals surface area contributed by atoms with Gasteiger partial charge >= 0.3 is 0 Å². The lowest BCUT2D eigenvalue weighted by molar-refractivity contribution is 0.239. The molecule has 39 heavy (non-hydrogen) atoms. The van der Waals surface area contributed by atoms with E-state index in [1.165, 1.54) is 22.3 Å². The van der Waals surface area contributed by atoms with Gasteiger partial charge in [0.2, 0.25) is 0 Å². The van der Waals surface area contributed by atoms with Crippen molar-refractivity contribution in [2.45, 2.75) is 37.8 Å². The summed E-state index contributed by atoms with van der Waals surface area (Å²) in [7, 11) is 0. The van der Waals surface area contributed by atoms with Gasteiger partial charge in [0, 0.05) is 0 Å². The number of benzene rings is 4. The molecule has 4 aromatic carbocycles. The molecule has 2 atom stereocenters. The predicted octanol–water partition coefficient (Wildman–Crippen LogP) is 7.58. The first-order valence-electron chi connectivity index (χ1n) is 13.9. The average Bonchev–Trinajstić information content (AvgIpc) is 3.71. The molecular weight excluding hydrogens is 480 g/mol. The molecule has 2 heterocycles. The van der Waals surface area contributed by atoms with E-state index in [0.717, 1.165) is 37.5 Å². The molecule has 0 fully saturated rings. The Morgan fingerprint density at radius 3 is 1.26 bits per heavy atom. The van der Waals surface area contributed by atoms with E-state index in [0.29, 0.717) is 13.2 Å². The Kier molecular flexibility index (Phi) is 7.53. The molecule has 0 aliphatic carbocycles. The predicted molar refractivity (Wildman–Crippen MR) is 157 cm³/mol. The molecule has 0 aromatic heterocycles. The van der Waals surface area contributed by atoms with Crippen molar-refractivity contribution in [1.29, 1.82) is 0 Å². The minimum Gasteiger partial charge on any atom is -0.478 e. The van der Waals surface area contributed by atoms with E-state index < -0.39 is 5.41 Å². The Balaban J connectivity index is 1.40. The summed E-state index contributed by atoms with van der Waals surface area (Å²) in [4.78, 5) is 10.5. The molecule has 4 aromatic rings. The van der Waals surface area contributed by atoms with Crippen LogP contribution >= 0.6 is 0 Å². The standard InChI is InChI=1S/C35H34N2O2/c1-5-13-27(14-6-1)21-23-35(24-22-28-15-7-2-8-16-28,33-36-31(25-38-33)29-17-9-3-10-18-29)34-37-32(26-39-34)30-19-11-4-12-20-30/h1-20,31-32H,21-26H2. The summed E-state index contributed by atoms with van der Waals surface area (Å²) in [6.45, 7) is 1.07. The summed E-state index contributed by atoms with van der Waals surface area (Å²) in [5, 5.41) is 0. The highest BCUT2D eigenvalue weighted by Gasteiger charge is 2.48. The summed E-state index contributed by atoms with van der Waals surface area (Å²) >= 11 is 0. The van der Waals surface area contributed by atoms with Crippen LogP contribution in [-0.2, 0) is 22.3 Å². The molecule has 196 valence electrons. The normalized spacial score (nSPS) is 18.7. The summed E-state index contributed by atoms with van der Waals surface area (Å²) < 4.78 is 13.0. The van der Waals surface area contributed by atoms with E-state index in [4.69, 9.17) is 19.5 Å². The number of ether oxygens (including phenoxy) is 2. The zero-order chi connectivity index (χ0) is 26.3. The Hall–Kier alpha value is -4.18. The van der Waals surface area contributed by atoms with Crippen LogP contribution in [0.25, 0.3) is 0 Å². The number of rotatable bonds is 10. The minimum absolute atomic E-state index is 0.0269. The van der Waals surface area contributed by atoms with Crippen molar-refractivity contribution in [2.75, 3.05) is 13.2 Å². The van der Waals surface area contributed by atoms with E-state index in [1.54, 1.807) is 0 Å². The van der Waals surface area contributed by atoms with Crippen molar-refractivity contribution in [1.82, 2.24) is 0 Å². The van der Waals surface area contributed by atoms with E-state index in [-0.39, 0.29) is 12.1 Å². The second-order valence-electron chi connectivity index (χ2n) is 10.4. The minimum atomic E-state index is -0.557. The van der Waals surface area contributed by atoms with Gasteiger partial charge in [0.1, 0.15) is 30.7 Å². The van der Waals surface area contributed by atoms with Gasteiger partial charge in [-0.15, -0.1) is 0 Å². The Labute approximate surface area is 231 Å². The lowest BCUT2D eigenvalue weighted by Gasteiger charge is -2.32. The number of hydrogen-bond acceptors (Lipinski definition) is 4. The maximum Gasteiger partial charge on any atom is 0.200 e. The molecule has 0 N–H and O–H groups in total. The average molecular weight is 515 g/mol. The molecule has 0 spiro atoms. The lowest BCUT2D eigenvalue weighted by Crippen LogP contribution is -2.41. The summed E-state index contributed by atoms with van der Waals surface area (Å²) in [5.41, 5.74) is 4.36. The van der Waals surface area contributed by atoms with Gasteiger partial charge in [-0.3, -0.25) is 0 Å². The zero-order valence-electron chi connectivity index (χ0n) is 22.2. The van der Waals surface area contributed by atoms with Crippen LogP contribution in [0.1, 0.15) is 47.2 Å². The van der Waals surface area contributed by atoms with E-state index in [9.17, 15) is 0 Å². The molecule has 0 bridgehead atoms. The second kappa shape index (κ2) is 11.7. The van der Waals surface area contributed by atoms with Crippen molar-refractivity contribution in [2.24, 2.45) is 15.4 Å². The number of aliphatic imine (C=N–C) groups is 2. The Morgan fingerprint density at radius 2 is 0.872 bits per heavy atom. The van der Waals surface area contributed by atoms with Gasteiger partial charge in [-0.25, -0.2) is 9.98 Å². The third-order valence-electron chi connectivity index (χ3n) is 7.86. The molecule has 4 nitrogen and oxygen atoms in total. The van der Waals surface area contributed by atoms with E-state index >= 15 is 0 Å². The first kappa shape index (κ1) is 25.1. The number of nitrogens with zero attached hydrogens (tertiary/aromatic N) is 2. The van der Waals surface area contributed by atoms with Crippen LogP contribution in [0.3, 0.4) is 0 Å². The van der Waals surface area contributed by atoms with Crippen molar-refractivity contribution < 1.29 is 9.47 Å². The van der Waals surface area contributed by atoms with Gasteiger partial charge in [-0.2, -0.15) is 0 Å². The maximum atomic E-state index is 6.50.